The van der Waals surface area contributed by atoms with Crippen LogP contribution in [-0.4, -0.2) is 38.3 Å². The van der Waals surface area contributed by atoms with Gasteiger partial charge in [0.1, 0.15) is 18.1 Å². The molecule has 0 radical (unpaired) electrons. The highest BCUT2D eigenvalue weighted by atomic mass is 31.2. The van der Waals surface area contributed by atoms with E-state index in [1.165, 1.54) is 5.56 Å². The predicted octanol–water partition coefficient (Wildman–Crippen LogP) is 5.14. The van der Waals surface area contributed by atoms with Gasteiger partial charge in [-0.3, -0.25) is 9.13 Å². The van der Waals surface area contributed by atoms with Crippen LogP contribution in [0.1, 0.15) is 69.7 Å². The van der Waals surface area contributed by atoms with Gasteiger partial charge in [-0.2, -0.15) is 0 Å². The van der Waals surface area contributed by atoms with E-state index in [0.717, 1.165) is 42.9 Å². The van der Waals surface area contributed by atoms with E-state index in [-0.39, 0.29) is 18.2 Å². The van der Waals surface area contributed by atoms with Crippen LogP contribution in [0.4, 0.5) is 5.82 Å². The minimum atomic E-state index is -3.92. The third kappa shape index (κ3) is 5.67. The first-order valence-electron chi connectivity index (χ1n) is 10.6. The van der Waals surface area contributed by atoms with Gasteiger partial charge in [-0.15, -0.1) is 0 Å². The number of rotatable bonds is 8. The molecule has 1 aliphatic carbocycles. The molecule has 1 atom stereocenters. The zero-order chi connectivity index (χ0) is 21.7. The molecule has 0 bridgehead atoms. The molecule has 8 heteroatoms. The summed E-state index contributed by atoms with van der Waals surface area (Å²) in [5, 5.41) is 0. The molecule has 164 valence electrons. The van der Waals surface area contributed by atoms with Gasteiger partial charge >= 0.3 is 7.60 Å². The molecule has 1 aromatic carbocycles. The highest BCUT2D eigenvalue weighted by molar-refractivity contribution is 7.51. The molecule has 0 aliphatic heterocycles. The summed E-state index contributed by atoms with van der Waals surface area (Å²) in [6.45, 7) is 6.46. The van der Waals surface area contributed by atoms with Crippen LogP contribution >= 0.6 is 7.60 Å². The number of hydrogen-bond acceptors (Lipinski definition) is 4. The second kappa shape index (κ2) is 10.0. The first kappa shape index (κ1) is 22.9. The Balaban J connectivity index is 1.73. The molecular weight excluding hydrogens is 401 g/mol. The van der Waals surface area contributed by atoms with E-state index in [4.69, 9.17) is 4.74 Å². The molecule has 7 nitrogen and oxygen atoms in total. The van der Waals surface area contributed by atoms with Crippen LogP contribution in [0.5, 0.6) is 0 Å². The van der Waals surface area contributed by atoms with E-state index in [2.05, 4.69) is 34.2 Å². The minimum Gasteiger partial charge on any atom is -0.372 e. The Morgan fingerprint density at radius 2 is 1.93 bits per heavy atom. The Kier molecular flexibility index (Phi) is 7.64. The van der Waals surface area contributed by atoms with Crippen LogP contribution in [0.25, 0.3) is 5.69 Å². The van der Waals surface area contributed by atoms with Gasteiger partial charge in [0.15, 0.2) is 5.82 Å². The summed E-state index contributed by atoms with van der Waals surface area (Å²) in [5.41, 5.74) is 3.09. The zero-order valence-corrected chi connectivity index (χ0v) is 18.8. The Morgan fingerprint density at radius 1 is 1.27 bits per heavy atom. The Labute approximate surface area is 178 Å². The van der Waals surface area contributed by atoms with Gasteiger partial charge in [-0.25, -0.2) is 9.98 Å². The summed E-state index contributed by atoms with van der Waals surface area (Å²) < 4.78 is 18.9. The maximum atomic E-state index is 11.2. The number of benzene rings is 1. The van der Waals surface area contributed by atoms with E-state index in [1.54, 1.807) is 12.5 Å². The van der Waals surface area contributed by atoms with Crippen LogP contribution in [0.15, 0.2) is 35.6 Å². The first-order valence-corrected chi connectivity index (χ1v) is 12.4. The molecule has 0 saturated heterocycles. The quantitative estimate of drug-likeness (QED) is 0.444. The van der Waals surface area contributed by atoms with Crippen molar-refractivity contribution in [3.05, 3.63) is 41.9 Å². The number of hydrogen-bond donors (Lipinski definition) is 2. The van der Waals surface area contributed by atoms with Gasteiger partial charge in [0, 0.05) is 18.5 Å². The molecule has 1 aliphatic rings. The number of imidazole rings is 1. The monoisotopic (exact) mass is 433 g/mol. The minimum absolute atomic E-state index is 0.0164. The van der Waals surface area contributed by atoms with Gasteiger partial charge in [-0.05, 0) is 76.0 Å². The van der Waals surface area contributed by atoms with Gasteiger partial charge in [0.2, 0.25) is 0 Å². The highest BCUT2D eigenvalue weighted by Gasteiger charge is 2.27. The van der Waals surface area contributed by atoms with Crippen LogP contribution < -0.4 is 0 Å². The average molecular weight is 433 g/mol. The van der Waals surface area contributed by atoms with E-state index in [1.807, 2.05) is 25.3 Å². The second-order valence-corrected chi connectivity index (χ2v) is 9.66. The summed E-state index contributed by atoms with van der Waals surface area (Å²) in [6.07, 6.45) is 7.11. The summed E-state index contributed by atoms with van der Waals surface area (Å²) in [5.74, 6) is 1.35. The average Bonchev–Trinajstić information content (AvgIpc) is 3.12. The molecule has 0 amide bonds. The largest absolute Gasteiger partial charge is 0.372 e. The molecule has 1 aromatic heterocycles. The van der Waals surface area contributed by atoms with E-state index in [9.17, 15) is 14.4 Å². The van der Waals surface area contributed by atoms with Crippen molar-refractivity contribution in [3.8, 4) is 5.69 Å². The molecule has 30 heavy (non-hydrogen) atoms. The van der Waals surface area contributed by atoms with Gasteiger partial charge in [0.05, 0.1) is 6.16 Å². The third-order valence-electron chi connectivity index (χ3n) is 5.81. The van der Waals surface area contributed by atoms with Crippen LogP contribution in [0, 0.1) is 5.92 Å². The lowest BCUT2D eigenvalue weighted by Crippen LogP contribution is -2.16. The summed E-state index contributed by atoms with van der Waals surface area (Å²) in [4.78, 5) is 27.5. The van der Waals surface area contributed by atoms with Crippen molar-refractivity contribution >= 4 is 19.6 Å². The second-order valence-electron chi connectivity index (χ2n) is 7.96. The number of nitrogens with zero attached hydrogens (tertiary/aromatic N) is 3. The topological polar surface area (TPSA) is 96.9 Å². The lowest BCUT2D eigenvalue weighted by Gasteiger charge is -2.29. The number of aromatic nitrogens is 2. The maximum absolute atomic E-state index is 11.2. The van der Waals surface area contributed by atoms with Gasteiger partial charge in [-0.1, -0.05) is 12.1 Å². The molecule has 1 unspecified atom stereocenters. The van der Waals surface area contributed by atoms with Crippen LogP contribution in [0.3, 0.4) is 0 Å². The standard InChI is InChI=1S/C22H32N3O4P/c1-4-23-22-21(16(3)29-5-2)24-15-25(22)20-12-10-19(11-13-20)18-8-6-17(7-9-18)14-30(26,27)28/h4,10-13,15-18H,5-9,14H2,1-3H3,(H2,26,27,28). The van der Waals surface area contributed by atoms with E-state index in [0.29, 0.717) is 12.5 Å². The van der Waals surface area contributed by atoms with E-state index < -0.39 is 7.60 Å². The lowest BCUT2D eigenvalue weighted by atomic mass is 9.79. The molecule has 1 saturated carbocycles. The zero-order valence-electron chi connectivity index (χ0n) is 17.9. The molecule has 1 heterocycles. The highest BCUT2D eigenvalue weighted by Crippen LogP contribution is 2.44. The van der Waals surface area contributed by atoms with Crippen molar-refractivity contribution in [2.45, 2.75) is 58.5 Å². The SMILES string of the molecule is CC=Nc1c(C(C)OCC)ncn1-c1ccc(C2CCC(CP(=O)(O)O)CC2)cc1. The van der Waals surface area contributed by atoms with Crippen molar-refractivity contribution in [3.63, 3.8) is 0 Å². The molecule has 2 N–H and O–H groups in total. The van der Waals surface area contributed by atoms with Gasteiger partial charge in [0.25, 0.3) is 0 Å². The van der Waals surface area contributed by atoms with Crippen molar-refractivity contribution in [1.29, 1.82) is 0 Å². The first-order chi connectivity index (χ1) is 14.3. The fourth-order valence-corrected chi connectivity index (χ4v) is 5.37. The van der Waals surface area contributed by atoms with Crippen molar-refractivity contribution in [2.24, 2.45) is 10.9 Å². The fourth-order valence-electron chi connectivity index (χ4n) is 4.33. The predicted molar refractivity (Wildman–Crippen MR) is 119 cm³/mol. The molecular formula is C22H32N3O4P. The Bertz CT molecular complexity index is 896. The fraction of sp³-hybridized carbons (Fsp3) is 0.545. The van der Waals surface area contributed by atoms with Gasteiger partial charge < -0.3 is 14.5 Å². The Hall–Kier alpha value is -1.79. The van der Waals surface area contributed by atoms with Crippen LogP contribution in [-0.2, 0) is 9.30 Å². The summed E-state index contributed by atoms with van der Waals surface area (Å²) >= 11 is 0. The van der Waals surface area contributed by atoms with E-state index >= 15 is 0 Å². The van der Waals surface area contributed by atoms with Crippen molar-refractivity contribution in [1.82, 2.24) is 9.55 Å². The number of ether oxygens (including phenoxy) is 1. The molecule has 2 aromatic rings. The summed E-state index contributed by atoms with van der Waals surface area (Å²) in [6, 6.07) is 8.47. The Morgan fingerprint density at radius 3 is 2.50 bits per heavy atom. The maximum Gasteiger partial charge on any atom is 0.325 e. The smallest absolute Gasteiger partial charge is 0.325 e. The number of aliphatic imine (C=N–C) groups is 1. The molecule has 0 spiro atoms. The van der Waals surface area contributed by atoms with Crippen LogP contribution in [0.2, 0.25) is 0 Å². The molecule has 1 fully saturated rings. The lowest BCUT2D eigenvalue weighted by molar-refractivity contribution is 0.0741. The normalized spacial score (nSPS) is 21.2. The van der Waals surface area contributed by atoms with Crippen molar-refractivity contribution in [2.75, 3.05) is 12.8 Å². The third-order valence-corrected chi connectivity index (χ3v) is 6.80. The van der Waals surface area contributed by atoms with Crippen molar-refractivity contribution < 1.29 is 19.1 Å². The molecule has 3 rings (SSSR count). The summed E-state index contributed by atoms with van der Waals surface area (Å²) in [7, 11) is -3.92.